The van der Waals surface area contributed by atoms with E-state index in [9.17, 15) is 14.9 Å². The van der Waals surface area contributed by atoms with E-state index in [1.165, 1.54) is 18.5 Å². The number of Topliss-reactive ketones (excluding diaryl/α,β-unsaturated/α-hetero) is 1. The molecule has 2 aliphatic rings. The molecule has 24 heavy (non-hydrogen) atoms. The summed E-state index contributed by atoms with van der Waals surface area (Å²) in [4.78, 5) is 27.3. The molecule has 1 aliphatic carbocycles. The van der Waals surface area contributed by atoms with Crippen molar-refractivity contribution in [1.82, 2.24) is 14.8 Å². The van der Waals surface area contributed by atoms with Crippen LogP contribution in [0.1, 0.15) is 31.4 Å². The molecule has 0 saturated heterocycles. The number of fused-ring (bicyclic) bond motifs is 1. The lowest BCUT2D eigenvalue weighted by atomic mass is 9.81. The van der Waals surface area contributed by atoms with E-state index in [4.69, 9.17) is 0 Å². The van der Waals surface area contributed by atoms with Crippen LogP contribution in [-0.2, 0) is 4.79 Å². The summed E-state index contributed by atoms with van der Waals surface area (Å²) in [5, 5.41) is 18.3. The SMILES string of the molecule is CC1CC(=O)C2=C(C1)Nc1ncnn1C2c1ccc([N+](=O)[O-])cc1. The normalized spacial score (nSPS) is 22.6. The van der Waals surface area contributed by atoms with Crippen LogP contribution in [-0.4, -0.2) is 25.5 Å². The summed E-state index contributed by atoms with van der Waals surface area (Å²) in [6.45, 7) is 2.05. The number of rotatable bonds is 2. The van der Waals surface area contributed by atoms with Crippen molar-refractivity contribution in [1.29, 1.82) is 0 Å². The van der Waals surface area contributed by atoms with Gasteiger partial charge in [0.1, 0.15) is 12.4 Å². The standard InChI is InChI=1S/C16H15N5O3/c1-9-6-12-14(13(22)7-9)15(20-16(19-12)17-8-18-20)10-2-4-11(5-3-10)21(23)24/h2-5,8-9,15H,6-7H2,1H3,(H,17,18,19). The van der Waals surface area contributed by atoms with E-state index in [0.717, 1.165) is 17.7 Å². The van der Waals surface area contributed by atoms with Gasteiger partial charge in [-0.05, 0) is 30.0 Å². The molecule has 1 N–H and O–H groups in total. The molecule has 1 aromatic carbocycles. The number of aromatic nitrogens is 3. The number of hydrogen-bond donors (Lipinski definition) is 1. The van der Waals surface area contributed by atoms with Gasteiger partial charge in [0, 0.05) is 29.8 Å². The number of non-ortho nitro benzene ring substituents is 1. The van der Waals surface area contributed by atoms with E-state index in [1.54, 1.807) is 16.8 Å². The van der Waals surface area contributed by atoms with Crippen LogP contribution in [0, 0.1) is 16.0 Å². The number of anilines is 1. The van der Waals surface area contributed by atoms with Crippen LogP contribution >= 0.6 is 0 Å². The van der Waals surface area contributed by atoms with Crippen molar-refractivity contribution in [2.24, 2.45) is 5.92 Å². The minimum absolute atomic E-state index is 0.0179. The van der Waals surface area contributed by atoms with Crippen LogP contribution < -0.4 is 5.32 Å². The first-order valence-electron chi connectivity index (χ1n) is 7.71. The van der Waals surface area contributed by atoms with Gasteiger partial charge in [-0.3, -0.25) is 14.9 Å². The molecule has 2 unspecified atom stereocenters. The lowest BCUT2D eigenvalue weighted by molar-refractivity contribution is -0.384. The Morgan fingerprint density at radius 3 is 2.75 bits per heavy atom. The highest BCUT2D eigenvalue weighted by Gasteiger charge is 2.37. The minimum Gasteiger partial charge on any atom is -0.328 e. The molecule has 1 aliphatic heterocycles. The first kappa shape index (κ1) is 14.6. The van der Waals surface area contributed by atoms with Crippen molar-refractivity contribution < 1.29 is 9.72 Å². The van der Waals surface area contributed by atoms with Gasteiger partial charge < -0.3 is 5.32 Å². The van der Waals surface area contributed by atoms with E-state index in [-0.39, 0.29) is 17.4 Å². The van der Waals surface area contributed by atoms with Crippen LogP contribution in [0.3, 0.4) is 0 Å². The van der Waals surface area contributed by atoms with Gasteiger partial charge in [-0.25, -0.2) is 4.68 Å². The van der Waals surface area contributed by atoms with Crippen LogP contribution in [0.15, 0.2) is 41.9 Å². The Morgan fingerprint density at radius 2 is 2.04 bits per heavy atom. The topological polar surface area (TPSA) is 103 Å². The maximum absolute atomic E-state index is 12.7. The number of hydrogen-bond acceptors (Lipinski definition) is 6. The van der Waals surface area contributed by atoms with E-state index in [1.807, 2.05) is 6.92 Å². The third-order valence-electron chi connectivity index (χ3n) is 4.49. The van der Waals surface area contributed by atoms with Crippen molar-refractivity contribution in [2.75, 3.05) is 5.32 Å². The molecule has 0 spiro atoms. The fraction of sp³-hybridized carbons (Fsp3) is 0.312. The number of allylic oxidation sites excluding steroid dienone is 2. The Morgan fingerprint density at radius 1 is 1.29 bits per heavy atom. The molecule has 0 radical (unpaired) electrons. The average molecular weight is 325 g/mol. The van der Waals surface area contributed by atoms with Crippen LogP contribution in [0.2, 0.25) is 0 Å². The number of benzene rings is 1. The third kappa shape index (κ3) is 2.18. The Hall–Kier alpha value is -3.03. The highest BCUT2D eigenvalue weighted by molar-refractivity contribution is 5.99. The molecule has 8 nitrogen and oxygen atoms in total. The molecule has 2 heterocycles. The second-order valence-electron chi connectivity index (χ2n) is 6.23. The van der Waals surface area contributed by atoms with Gasteiger partial charge in [-0.1, -0.05) is 6.92 Å². The molecule has 8 heteroatoms. The van der Waals surface area contributed by atoms with Gasteiger partial charge in [0.15, 0.2) is 5.78 Å². The van der Waals surface area contributed by atoms with Crippen molar-refractivity contribution in [3.8, 4) is 0 Å². The number of nitro benzene ring substituents is 1. The van der Waals surface area contributed by atoms with Crippen LogP contribution in [0.5, 0.6) is 0 Å². The summed E-state index contributed by atoms with van der Waals surface area (Å²) in [6.07, 6.45) is 2.71. The zero-order valence-electron chi connectivity index (χ0n) is 13.0. The summed E-state index contributed by atoms with van der Waals surface area (Å²) in [7, 11) is 0. The predicted molar refractivity (Wildman–Crippen MR) is 85.3 cm³/mol. The van der Waals surface area contributed by atoms with E-state index in [2.05, 4.69) is 15.4 Å². The number of nitrogens with one attached hydrogen (secondary N) is 1. The van der Waals surface area contributed by atoms with Gasteiger partial charge in [0.25, 0.3) is 5.69 Å². The molecule has 122 valence electrons. The highest BCUT2D eigenvalue weighted by atomic mass is 16.6. The minimum atomic E-state index is -0.439. The second-order valence-corrected chi connectivity index (χ2v) is 6.23. The Balaban J connectivity index is 1.85. The van der Waals surface area contributed by atoms with E-state index >= 15 is 0 Å². The smallest absolute Gasteiger partial charge is 0.269 e. The number of carbonyl (C=O) groups is 1. The number of nitrogens with zero attached hydrogens (tertiary/aromatic N) is 4. The first-order valence-corrected chi connectivity index (χ1v) is 7.71. The van der Waals surface area contributed by atoms with Gasteiger partial charge in [0.2, 0.25) is 5.95 Å². The summed E-state index contributed by atoms with van der Waals surface area (Å²) in [6, 6.07) is 5.85. The number of ketones is 1. The summed E-state index contributed by atoms with van der Waals surface area (Å²) in [5.41, 5.74) is 2.36. The summed E-state index contributed by atoms with van der Waals surface area (Å²) in [5.74, 6) is 0.940. The molecular formula is C16H15N5O3. The van der Waals surface area contributed by atoms with Crippen molar-refractivity contribution in [3.05, 3.63) is 57.5 Å². The molecule has 0 saturated carbocycles. The molecule has 1 aromatic heterocycles. The summed E-state index contributed by atoms with van der Waals surface area (Å²) >= 11 is 0. The molecule has 0 fully saturated rings. The molecule has 4 rings (SSSR count). The number of nitro groups is 1. The summed E-state index contributed by atoms with van der Waals surface area (Å²) < 4.78 is 1.66. The second kappa shape index (κ2) is 5.26. The van der Waals surface area contributed by atoms with Crippen molar-refractivity contribution in [3.63, 3.8) is 0 Å². The zero-order valence-corrected chi connectivity index (χ0v) is 13.0. The maximum Gasteiger partial charge on any atom is 0.269 e. The van der Waals surface area contributed by atoms with Crippen LogP contribution in [0.4, 0.5) is 11.6 Å². The lowest BCUT2D eigenvalue weighted by Crippen LogP contribution is -2.33. The van der Waals surface area contributed by atoms with Gasteiger partial charge in [-0.2, -0.15) is 10.1 Å². The molecule has 0 amide bonds. The van der Waals surface area contributed by atoms with Gasteiger partial charge >= 0.3 is 0 Å². The molecular weight excluding hydrogens is 310 g/mol. The Labute approximate surface area is 137 Å². The van der Waals surface area contributed by atoms with Gasteiger partial charge in [0.05, 0.1) is 4.92 Å². The predicted octanol–water partition coefficient (Wildman–Crippen LogP) is 2.45. The van der Waals surface area contributed by atoms with E-state index < -0.39 is 11.0 Å². The molecule has 0 bridgehead atoms. The fourth-order valence-electron chi connectivity index (χ4n) is 3.43. The quantitative estimate of drug-likeness (QED) is 0.672. The first-order chi connectivity index (χ1) is 11.5. The molecule has 2 aromatic rings. The highest BCUT2D eigenvalue weighted by Crippen LogP contribution is 2.41. The molecule has 2 atom stereocenters. The fourth-order valence-corrected chi connectivity index (χ4v) is 3.43. The number of carbonyl (C=O) groups excluding carboxylic acids is 1. The zero-order chi connectivity index (χ0) is 16.8. The monoisotopic (exact) mass is 325 g/mol. The van der Waals surface area contributed by atoms with Crippen LogP contribution in [0.25, 0.3) is 0 Å². The largest absolute Gasteiger partial charge is 0.328 e. The lowest BCUT2D eigenvalue weighted by Gasteiger charge is -2.34. The average Bonchev–Trinajstić information content (AvgIpc) is 3.00. The van der Waals surface area contributed by atoms with Crippen molar-refractivity contribution >= 4 is 17.4 Å². The Kier molecular flexibility index (Phi) is 3.19. The maximum atomic E-state index is 12.7. The van der Waals surface area contributed by atoms with E-state index in [0.29, 0.717) is 17.9 Å². The van der Waals surface area contributed by atoms with Crippen molar-refractivity contribution in [2.45, 2.75) is 25.8 Å². The third-order valence-corrected chi connectivity index (χ3v) is 4.49. The van der Waals surface area contributed by atoms with Gasteiger partial charge in [-0.15, -0.1) is 0 Å². The Bertz CT molecular complexity index is 868.